The van der Waals surface area contributed by atoms with E-state index in [9.17, 15) is 14.4 Å². The molecular weight excluding hydrogens is 404 g/mol. The minimum Gasteiger partial charge on any atom is -0.497 e. The number of hydrogen-bond donors (Lipinski definition) is 1. The summed E-state index contributed by atoms with van der Waals surface area (Å²) in [6.07, 6.45) is 0.237. The predicted octanol–water partition coefficient (Wildman–Crippen LogP) is 2.17. The van der Waals surface area contributed by atoms with Crippen molar-refractivity contribution in [2.45, 2.75) is 18.9 Å². The zero-order valence-electron chi connectivity index (χ0n) is 17.4. The maximum Gasteiger partial charge on any atom is 0.325 e. The molecule has 3 amide bonds. The van der Waals surface area contributed by atoms with Crippen molar-refractivity contribution in [1.29, 1.82) is 0 Å². The molecule has 2 aromatic carbocycles. The Kier molecular flexibility index (Phi) is 5.18. The Morgan fingerprint density at radius 3 is 2.61 bits per heavy atom. The molecule has 162 valence electrons. The Morgan fingerprint density at radius 1 is 1.10 bits per heavy atom. The quantitative estimate of drug-likeness (QED) is 0.535. The summed E-state index contributed by atoms with van der Waals surface area (Å²) in [5, 5.41) is 2.71. The summed E-state index contributed by atoms with van der Waals surface area (Å²) in [4.78, 5) is 39.5. The van der Waals surface area contributed by atoms with Gasteiger partial charge in [0.1, 0.15) is 17.0 Å². The number of fused-ring (bicyclic) bond motifs is 1. The molecule has 0 aromatic heterocycles. The number of carbonyl (C=O) groups is 3. The number of ketones is 1. The lowest BCUT2D eigenvalue weighted by molar-refractivity contribution is -0.130. The number of Topliss-reactive ketones (excluding diaryl/α,β-unsaturated/α-hetero) is 1. The highest BCUT2D eigenvalue weighted by Gasteiger charge is 2.48. The fourth-order valence-corrected chi connectivity index (χ4v) is 3.73. The largest absolute Gasteiger partial charge is 0.497 e. The molecule has 2 aliphatic heterocycles. The van der Waals surface area contributed by atoms with Crippen molar-refractivity contribution < 1.29 is 33.3 Å². The second-order valence-corrected chi connectivity index (χ2v) is 7.51. The highest BCUT2D eigenvalue weighted by Crippen LogP contribution is 2.34. The van der Waals surface area contributed by atoms with Crippen LogP contribution in [-0.2, 0) is 11.2 Å². The van der Waals surface area contributed by atoms with Gasteiger partial charge >= 0.3 is 6.03 Å². The van der Waals surface area contributed by atoms with Crippen LogP contribution in [0, 0.1) is 0 Å². The number of nitrogens with one attached hydrogen (secondary N) is 1. The molecule has 9 nitrogen and oxygen atoms in total. The van der Waals surface area contributed by atoms with Crippen LogP contribution >= 0.6 is 0 Å². The number of benzene rings is 2. The number of rotatable bonds is 7. The van der Waals surface area contributed by atoms with E-state index in [2.05, 4.69) is 5.32 Å². The van der Waals surface area contributed by atoms with Crippen LogP contribution in [0.2, 0.25) is 0 Å². The summed E-state index contributed by atoms with van der Waals surface area (Å²) in [5.74, 6) is 1.11. The highest BCUT2D eigenvalue weighted by atomic mass is 16.7. The average molecular weight is 426 g/mol. The highest BCUT2D eigenvalue weighted by molar-refractivity contribution is 6.11. The summed E-state index contributed by atoms with van der Waals surface area (Å²) in [7, 11) is 2.92. The van der Waals surface area contributed by atoms with Gasteiger partial charge in [0.15, 0.2) is 17.3 Å². The molecule has 1 fully saturated rings. The van der Waals surface area contributed by atoms with Gasteiger partial charge < -0.3 is 24.3 Å². The third-order valence-electron chi connectivity index (χ3n) is 5.35. The molecule has 0 aliphatic carbocycles. The molecule has 0 spiro atoms. The standard InChI is InChI=1S/C22H22N2O7/c1-22(10-13-4-6-18-19(8-13)31-12-30-18)20(26)24(21(27)23-22)11-16(25)15-9-14(28-2)5-7-17(15)29-3/h4-9H,10-12H2,1-3H3,(H,23,27). The molecule has 0 radical (unpaired) electrons. The van der Waals surface area contributed by atoms with Crippen LogP contribution in [0.5, 0.6) is 23.0 Å². The van der Waals surface area contributed by atoms with Crippen molar-refractivity contribution in [3.63, 3.8) is 0 Å². The first-order valence-corrected chi connectivity index (χ1v) is 9.62. The Hall–Kier alpha value is -3.75. The maximum atomic E-state index is 13.1. The van der Waals surface area contributed by atoms with Crippen LogP contribution in [0.15, 0.2) is 36.4 Å². The Morgan fingerprint density at radius 2 is 1.87 bits per heavy atom. The van der Waals surface area contributed by atoms with Crippen LogP contribution in [0.3, 0.4) is 0 Å². The normalized spacial score (nSPS) is 19.4. The van der Waals surface area contributed by atoms with E-state index < -0.39 is 29.8 Å². The first-order valence-electron chi connectivity index (χ1n) is 9.62. The van der Waals surface area contributed by atoms with Gasteiger partial charge in [0.2, 0.25) is 6.79 Å². The zero-order valence-corrected chi connectivity index (χ0v) is 17.4. The zero-order chi connectivity index (χ0) is 22.2. The van der Waals surface area contributed by atoms with Crippen molar-refractivity contribution in [2.75, 3.05) is 27.6 Å². The lowest BCUT2D eigenvalue weighted by atomic mass is 9.92. The van der Waals surface area contributed by atoms with E-state index in [1.165, 1.54) is 20.3 Å². The molecule has 9 heteroatoms. The number of carbonyl (C=O) groups excluding carboxylic acids is 3. The van der Waals surface area contributed by atoms with Crippen molar-refractivity contribution in [3.8, 4) is 23.0 Å². The maximum absolute atomic E-state index is 13.1. The molecular formula is C22H22N2O7. The summed E-state index contributed by atoms with van der Waals surface area (Å²) in [6, 6.07) is 9.51. The minimum atomic E-state index is -1.19. The number of nitrogens with zero attached hydrogens (tertiary/aromatic N) is 1. The average Bonchev–Trinajstić information content (AvgIpc) is 3.31. The van der Waals surface area contributed by atoms with E-state index >= 15 is 0 Å². The fourth-order valence-electron chi connectivity index (χ4n) is 3.73. The lowest BCUT2D eigenvalue weighted by Gasteiger charge is -2.22. The van der Waals surface area contributed by atoms with E-state index in [0.717, 1.165) is 10.5 Å². The summed E-state index contributed by atoms with van der Waals surface area (Å²) in [5.41, 5.74) is -0.168. The van der Waals surface area contributed by atoms with Gasteiger partial charge in [-0.25, -0.2) is 4.79 Å². The number of methoxy groups -OCH3 is 2. The van der Waals surface area contributed by atoms with Crippen molar-refractivity contribution in [1.82, 2.24) is 10.2 Å². The van der Waals surface area contributed by atoms with E-state index in [4.69, 9.17) is 18.9 Å². The molecule has 2 heterocycles. The van der Waals surface area contributed by atoms with Crippen molar-refractivity contribution in [3.05, 3.63) is 47.5 Å². The third-order valence-corrected chi connectivity index (χ3v) is 5.35. The molecule has 1 N–H and O–H groups in total. The van der Waals surface area contributed by atoms with Crippen molar-refractivity contribution in [2.24, 2.45) is 0 Å². The van der Waals surface area contributed by atoms with Gasteiger partial charge in [0.25, 0.3) is 5.91 Å². The van der Waals surface area contributed by atoms with Crippen LogP contribution < -0.4 is 24.3 Å². The molecule has 1 saturated heterocycles. The van der Waals surface area contributed by atoms with E-state index in [-0.39, 0.29) is 18.8 Å². The van der Waals surface area contributed by atoms with E-state index in [1.807, 2.05) is 6.07 Å². The molecule has 0 bridgehead atoms. The van der Waals surface area contributed by atoms with Gasteiger partial charge in [0, 0.05) is 6.42 Å². The SMILES string of the molecule is COc1ccc(OC)c(C(=O)CN2C(=O)NC(C)(Cc3ccc4c(c3)OCO4)C2=O)c1. The van der Waals surface area contributed by atoms with Crippen LogP contribution in [-0.4, -0.2) is 55.7 Å². The van der Waals surface area contributed by atoms with Crippen LogP contribution in [0.4, 0.5) is 4.79 Å². The first-order chi connectivity index (χ1) is 14.8. The monoisotopic (exact) mass is 426 g/mol. The van der Waals surface area contributed by atoms with Crippen LogP contribution in [0.1, 0.15) is 22.8 Å². The number of urea groups is 1. The number of imide groups is 1. The predicted molar refractivity (Wildman–Crippen MR) is 109 cm³/mol. The smallest absolute Gasteiger partial charge is 0.325 e. The van der Waals surface area contributed by atoms with Gasteiger partial charge in [-0.3, -0.25) is 14.5 Å². The molecule has 31 heavy (non-hydrogen) atoms. The summed E-state index contributed by atoms with van der Waals surface area (Å²) >= 11 is 0. The lowest BCUT2D eigenvalue weighted by Crippen LogP contribution is -2.46. The number of amides is 3. The van der Waals surface area contributed by atoms with Gasteiger partial charge in [0.05, 0.1) is 26.3 Å². The second kappa shape index (κ2) is 7.82. The summed E-state index contributed by atoms with van der Waals surface area (Å²) in [6.45, 7) is 1.37. The number of ether oxygens (including phenoxy) is 4. The molecule has 1 atom stereocenters. The molecule has 1 unspecified atom stereocenters. The van der Waals surface area contributed by atoms with Gasteiger partial charge in [-0.15, -0.1) is 0 Å². The first kappa shape index (κ1) is 20.5. The minimum absolute atomic E-state index is 0.148. The van der Waals surface area contributed by atoms with Crippen molar-refractivity contribution >= 4 is 17.7 Å². The van der Waals surface area contributed by atoms with E-state index in [0.29, 0.717) is 23.0 Å². The number of hydrogen-bond acceptors (Lipinski definition) is 7. The summed E-state index contributed by atoms with van der Waals surface area (Å²) < 4.78 is 21.1. The molecule has 4 rings (SSSR count). The molecule has 2 aliphatic rings. The van der Waals surface area contributed by atoms with Crippen LogP contribution in [0.25, 0.3) is 0 Å². The van der Waals surface area contributed by atoms with Gasteiger partial charge in [-0.05, 0) is 42.8 Å². The molecule has 2 aromatic rings. The topological polar surface area (TPSA) is 103 Å². The Bertz CT molecular complexity index is 1070. The Balaban J connectivity index is 1.52. The second-order valence-electron chi connectivity index (χ2n) is 7.51. The Labute approximate surface area is 178 Å². The molecule has 0 saturated carbocycles. The van der Waals surface area contributed by atoms with Gasteiger partial charge in [-0.1, -0.05) is 6.07 Å². The fraction of sp³-hybridized carbons (Fsp3) is 0.318. The third kappa shape index (κ3) is 3.74. The van der Waals surface area contributed by atoms with Gasteiger partial charge in [-0.2, -0.15) is 0 Å². The van der Waals surface area contributed by atoms with E-state index in [1.54, 1.807) is 31.2 Å².